The Morgan fingerprint density at radius 2 is 2.12 bits per heavy atom. The minimum absolute atomic E-state index is 0.0973. The zero-order valence-corrected chi connectivity index (χ0v) is 11.0. The molecule has 2 aromatic rings. The van der Waals surface area contributed by atoms with Crippen molar-refractivity contribution in [2.75, 3.05) is 6.26 Å². The topological polar surface area (TPSA) is 34.9 Å². The van der Waals surface area contributed by atoms with Gasteiger partial charge in [0, 0.05) is 17.5 Å². The molecule has 0 aliphatic heterocycles. The summed E-state index contributed by atoms with van der Waals surface area (Å²) in [5, 5.41) is 4.36. The minimum atomic E-state index is -0.0973. The fourth-order valence-electron chi connectivity index (χ4n) is 1.63. The van der Waals surface area contributed by atoms with Gasteiger partial charge in [-0.05, 0) is 18.4 Å². The third-order valence-electron chi connectivity index (χ3n) is 2.46. The average Bonchev–Trinajstić information content (AvgIpc) is 2.68. The highest BCUT2D eigenvalue weighted by Gasteiger charge is 2.19. The molecule has 5 heteroatoms. The maximum Gasteiger partial charge on any atom is 0.213 e. The van der Waals surface area contributed by atoms with Crippen LogP contribution in [0.15, 0.2) is 35.4 Å². The van der Waals surface area contributed by atoms with Crippen LogP contribution in [0.4, 0.5) is 0 Å². The van der Waals surface area contributed by atoms with Crippen LogP contribution >= 0.6 is 23.4 Å². The summed E-state index contributed by atoms with van der Waals surface area (Å²) in [6.07, 6.45) is 3.42. The molecule has 0 bridgehead atoms. The molecule has 0 atom stereocenters. The first kappa shape index (κ1) is 12.2. The van der Waals surface area contributed by atoms with Gasteiger partial charge in [-0.1, -0.05) is 23.7 Å². The van der Waals surface area contributed by atoms with Gasteiger partial charge in [-0.3, -0.25) is 9.48 Å². The van der Waals surface area contributed by atoms with Crippen LogP contribution in [0.5, 0.6) is 0 Å². The molecular weight excluding hydrogens is 256 g/mol. The molecule has 0 aliphatic carbocycles. The fourth-order valence-corrected chi connectivity index (χ4v) is 2.47. The summed E-state index contributed by atoms with van der Waals surface area (Å²) >= 11 is 7.51. The molecule has 0 amide bonds. The van der Waals surface area contributed by atoms with Gasteiger partial charge in [0.1, 0.15) is 5.69 Å². The van der Waals surface area contributed by atoms with Gasteiger partial charge in [-0.2, -0.15) is 5.10 Å². The van der Waals surface area contributed by atoms with Gasteiger partial charge in [0.15, 0.2) is 0 Å². The number of carbonyl (C=O) groups is 1. The first-order chi connectivity index (χ1) is 8.15. The molecule has 0 unspecified atom stereocenters. The largest absolute Gasteiger partial charge is 0.287 e. The first-order valence-corrected chi connectivity index (χ1v) is 6.60. The number of rotatable bonds is 3. The highest BCUT2D eigenvalue weighted by Crippen LogP contribution is 2.25. The molecule has 88 valence electrons. The van der Waals surface area contributed by atoms with E-state index in [-0.39, 0.29) is 5.78 Å². The Balaban J connectivity index is 2.51. The summed E-state index contributed by atoms with van der Waals surface area (Å²) in [7, 11) is 1.71. The number of aromatic nitrogens is 2. The van der Waals surface area contributed by atoms with Gasteiger partial charge < -0.3 is 0 Å². The molecule has 0 N–H and O–H groups in total. The number of nitrogens with zero attached hydrogens (tertiary/aromatic N) is 2. The van der Waals surface area contributed by atoms with Crippen LogP contribution in [0.2, 0.25) is 5.02 Å². The van der Waals surface area contributed by atoms with Gasteiger partial charge in [0.25, 0.3) is 0 Å². The van der Waals surface area contributed by atoms with Crippen LogP contribution in [-0.2, 0) is 7.05 Å². The predicted molar refractivity (Wildman–Crippen MR) is 69.9 cm³/mol. The molecule has 2 rings (SSSR count). The number of thioether (sulfide) groups is 1. The van der Waals surface area contributed by atoms with E-state index in [4.69, 9.17) is 11.6 Å². The third kappa shape index (κ3) is 2.23. The normalized spacial score (nSPS) is 10.5. The van der Waals surface area contributed by atoms with Crippen LogP contribution in [0, 0.1) is 0 Å². The molecule has 0 aliphatic rings. The summed E-state index contributed by atoms with van der Waals surface area (Å²) in [6, 6.07) is 7.48. The molecule has 0 saturated heterocycles. The fraction of sp³-hybridized carbons (Fsp3) is 0.167. The number of carbonyl (C=O) groups excluding carboxylic acids is 1. The second kappa shape index (κ2) is 4.94. The Hall–Kier alpha value is -1.26. The number of halogens is 1. The van der Waals surface area contributed by atoms with E-state index >= 15 is 0 Å². The van der Waals surface area contributed by atoms with Crippen LogP contribution < -0.4 is 0 Å². The van der Waals surface area contributed by atoms with Crippen molar-refractivity contribution in [3.05, 3.63) is 46.7 Å². The molecular formula is C12H11ClN2OS. The van der Waals surface area contributed by atoms with Crippen molar-refractivity contribution < 1.29 is 4.79 Å². The van der Waals surface area contributed by atoms with Crippen LogP contribution in [0.25, 0.3) is 0 Å². The number of ketones is 1. The second-order valence-electron chi connectivity index (χ2n) is 3.49. The highest BCUT2D eigenvalue weighted by atomic mass is 35.5. The summed E-state index contributed by atoms with van der Waals surface area (Å²) in [4.78, 5) is 13.3. The number of hydrogen-bond donors (Lipinski definition) is 0. The SMILES string of the molecule is CSc1ccccc1C(=O)c1c(Cl)cnn1C. The summed E-state index contributed by atoms with van der Waals surface area (Å²) < 4.78 is 1.50. The molecule has 0 spiro atoms. The van der Waals surface area contributed by atoms with E-state index in [1.54, 1.807) is 13.1 Å². The van der Waals surface area contributed by atoms with Crippen molar-refractivity contribution in [1.29, 1.82) is 0 Å². The van der Waals surface area contributed by atoms with E-state index in [1.165, 1.54) is 22.6 Å². The van der Waals surface area contributed by atoms with Crippen molar-refractivity contribution in [3.8, 4) is 0 Å². The second-order valence-corrected chi connectivity index (χ2v) is 4.75. The highest BCUT2D eigenvalue weighted by molar-refractivity contribution is 7.98. The first-order valence-electron chi connectivity index (χ1n) is 5.00. The van der Waals surface area contributed by atoms with Crippen molar-refractivity contribution in [1.82, 2.24) is 9.78 Å². The van der Waals surface area contributed by atoms with E-state index in [0.29, 0.717) is 16.3 Å². The Morgan fingerprint density at radius 3 is 2.71 bits per heavy atom. The lowest BCUT2D eigenvalue weighted by Gasteiger charge is -2.06. The Labute approximate surface area is 109 Å². The van der Waals surface area contributed by atoms with E-state index in [2.05, 4.69) is 5.10 Å². The van der Waals surface area contributed by atoms with Gasteiger partial charge in [0.05, 0.1) is 11.2 Å². The van der Waals surface area contributed by atoms with Gasteiger partial charge in [0.2, 0.25) is 5.78 Å². The molecule has 0 fully saturated rings. The summed E-state index contributed by atoms with van der Waals surface area (Å²) in [5.41, 5.74) is 1.08. The minimum Gasteiger partial charge on any atom is -0.287 e. The molecule has 1 heterocycles. The third-order valence-corrected chi connectivity index (χ3v) is 3.53. The van der Waals surface area contributed by atoms with Gasteiger partial charge >= 0.3 is 0 Å². The lowest BCUT2D eigenvalue weighted by Crippen LogP contribution is -2.09. The van der Waals surface area contributed by atoms with Gasteiger partial charge in [-0.25, -0.2) is 0 Å². The van der Waals surface area contributed by atoms with Crippen molar-refractivity contribution >= 4 is 29.1 Å². The quantitative estimate of drug-likeness (QED) is 0.633. The average molecular weight is 267 g/mol. The molecule has 1 aromatic heterocycles. The van der Waals surface area contributed by atoms with E-state index in [1.807, 2.05) is 24.5 Å². The molecule has 1 aromatic carbocycles. The lowest BCUT2D eigenvalue weighted by molar-refractivity contribution is 0.102. The number of hydrogen-bond acceptors (Lipinski definition) is 3. The molecule has 0 saturated carbocycles. The number of aryl methyl sites for hydroxylation is 1. The van der Waals surface area contributed by atoms with E-state index in [9.17, 15) is 4.79 Å². The van der Waals surface area contributed by atoms with Crippen molar-refractivity contribution in [2.24, 2.45) is 7.05 Å². The zero-order chi connectivity index (χ0) is 12.4. The molecule has 3 nitrogen and oxygen atoms in total. The Morgan fingerprint density at radius 1 is 1.41 bits per heavy atom. The molecule has 0 radical (unpaired) electrons. The monoisotopic (exact) mass is 266 g/mol. The lowest BCUT2D eigenvalue weighted by atomic mass is 10.1. The Kier molecular flexibility index (Phi) is 3.54. The standard InChI is InChI=1S/C12H11ClN2OS/c1-15-11(9(13)7-14-15)12(16)8-5-3-4-6-10(8)17-2/h3-7H,1-2H3. The van der Waals surface area contributed by atoms with Crippen molar-refractivity contribution in [3.63, 3.8) is 0 Å². The maximum atomic E-state index is 12.4. The van der Waals surface area contributed by atoms with Crippen LogP contribution in [0.3, 0.4) is 0 Å². The smallest absolute Gasteiger partial charge is 0.213 e. The zero-order valence-electron chi connectivity index (χ0n) is 9.48. The van der Waals surface area contributed by atoms with Crippen molar-refractivity contribution in [2.45, 2.75) is 4.90 Å². The number of benzene rings is 1. The van der Waals surface area contributed by atoms with Gasteiger partial charge in [-0.15, -0.1) is 11.8 Å². The van der Waals surface area contributed by atoms with E-state index < -0.39 is 0 Å². The van der Waals surface area contributed by atoms with Crippen LogP contribution in [-0.4, -0.2) is 21.8 Å². The maximum absolute atomic E-state index is 12.4. The van der Waals surface area contributed by atoms with Crippen LogP contribution in [0.1, 0.15) is 16.1 Å². The van der Waals surface area contributed by atoms with E-state index in [0.717, 1.165) is 4.90 Å². The predicted octanol–water partition coefficient (Wildman–Crippen LogP) is 3.03. The summed E-state index contributed by atoms with van der Waals surface area (Å²) in [5.74, 6) is -0.0973. The molecule has 17 heavy (non-hydrogen) atoms. The Bertz CT molecular complexity index is 546. The summed E-state index contributed by atoms with van der Waals surface area (Å²) in [6.45, 7) is 0.